The van der Waals surface area contributed by atoms with Gasteiger partial charge in [-0.1, -0.05) is 18.2 Å². The minimum Gasteiger partial charge on any atom is -0.464 e. The number of rotatable bonds is 6. The van der Waals surface area contributed by atoms with Crippen molar-refractivity contribution in [2.75, 3.05) is 19.0 Å². The summed E-state index contributed by atoms with van der Waals surface area (Å²) in [5.74, 6) is -1.23. The first-order valence-corrected chi connectivity index (χ1v) is 9.74. The number of benzene rings is 1. The zero-order chi connectivity index (χ0) is 20.6. The maximum atomic E-state index is 12.9. The van der Waals surface area contributed by atoms with E-state index in [1.54, 1.807) is 20.2 Å². The Balaban J connectivity index is 1.68. The van der Waals surface area contributed by atoms with E-state index in [2.05, 4.69) is 10.3 Å². The summed E-state index contributed by atoms with van der Waals surface area (Å²) in [4.78, 5) is 17.3. The predicted octanol–water partition coefficient (Wildman–Crippen LogP) is 2.47. The normalized spacial score (nSPS) is 28.8. The summed E-state index contributed by atoms with van der Waals surface area (Å²) in [5, 5.41) is 4.24. The molecule has 0 bridgehead atoms. The Morgan fingerprint density at radius 2 is 2.00 bits per heavy atom. The highest BCUT2D eigenvalue weighted by molar-refractivity contribution is 5.92. The largest absolute Gasteiger partial charge is 0.464 e. The van der Waals surface area contributed by atoms with E-state index in [-0.39, 0.29) is 6.61 Å². The molecule has 1 aromatic heterocycles. The fourth-order valence-electron chi connectivity index (χ4n) is 3.94. The van der Waals surface area contributed by atoms with Crippen molar-refractivity contribution in [1.29, 1.82) is 0 Å². The van der Waals surface area contributed by atoms with E-state index in [0.717, 1.165) is 10.9 Å². The van der Waals surface area contributed by atoms with Gasteiger partial charge in [0, 0.05) is 18.7 Å². The van der Waals surface area contributed by atoms with Crippen LogP contribution in [-0.2, 0) is 28.5 Å². The Kier molecular flexibility index (Phi) is 5.44. The van der Waals surface area contributed by atoms with Crippen molar-refractivity contribution >= 4 is 22.6 Å². The third-order valence-corrected chi connectivity index (χ3v) is 5.09. The second-order valence-electron chi connectivity index (χ2n) is 7.52. The number of anilines is 1. The molecule has 2 fully saturated rings. The first-order chi connectivity index (χ1) is 13.9. The molecule has 1 N–H and O–H groups in total. The van der Waals surface area contributed by atoms with Gasteiger partial charge in [0.05, 0.1) is 17.8 Å². The van der Waals surface area contributed by atoms with E-state index < -0.39 is 42.4 Å². The van der Waals surface area contributed by atoms with Crippen molar-refractivity contribution in [3.05, 3.63) is 36.5 Å². The third-order valence-electron chi connectivity index (χ3n) is 5.09. The molecule has 156 valence electrons. The lowest BCUT2D eigenvalue weighted by atomic mass is 10.0. The Morgan fingerprint density at radius 1 is 1.24 bits per heavy atom. The van der Waals surface area contributed by atoms with Crippen LogP contribution in [0, 0.1) is 0 Å². The van der Waals surface area contributed by atoms with Gasteiger partial charge in [-0.25, -0.2) is 4.79 Å². The molecular formula is C21H26N2O6. The molecule has 2 aliphatic rings. The highest BCUT2D eigenvalue weighted by Crippen LogP contribution is 2.40. The van der Waals surface area contributed by atoms with Crippen LogP contribution in [0.15, 0.2) is 36.5 Å². The number of carbonyl (C=O) groups is 1. The minimum absolute atomic E-state index is 0.252. The molecule has 0 spiro atoms. The number of esters is 1. The SMILES string of the molecule is CCOC(=O)[C@@H](Nc1cccc2cccnc12)[C@H]1O[C@@H](OC)[C@@H]2OC(C)(C)O[C@@H]21. The predicted molar refractivity (Wildman–Crippen MR) is 105 cm³/mol. The first-order valence-electron chi connectivity index (χ1n) is 9.74. The second-order valence-corrected chi connectivity index (χ2v) is 7.52. The van der Waals surface area contributed by atoms with Crippen LogP contribution >= 0.6 is 0 Å². The van der Waals surface area contributed by atoms with Crippen molar-refractivity contribution < 1.29 is 28.5 Å². The lowest BCUT2D eigenvalue weighted by Gasteiger charge is -2.28. The molecule has 0 amide bonds. The van der Waals surface area contributed by atoms with Crippen molar-refractivity contribution in [2.45, 2.75) is 57.2 Å². The first kappa shape index (κ1) is 20.0. The van der Waals surface area contributed by atoms with Gasteiger partial charge in [-0.05, 0) is 32.9 Å². The van der Waals surface area contributed by atoms with Gasteiger partial charge in [0.1, 0.15) is 18.3 Å². The molecule has 0 radical (unpaired) electrons. The number of ether oxygens (including phenoxy) is 5. The van der Waals surface area contributed by atoms with E-state index >= 15 is 0 Å². The van der Waals surface area contributed by atoms with Crippen LogP contribution in [0.5, 0.6) is 0 Å². The van der Waals surface area contributed by atoms with E-state index in [1.807, 2.05) is 44.2 Å². The van der Waals surface area contributed by atoms with E-state index in [0.29, 0.717) is 5.69 Å². The van der Waals surface area contributed by atoms with Crippen LogP contribution in [0.1, 0.15) is 20.8 Å². The van der Waals surface area contributed by atoms with Crippen molar-refractivity contribution in [2.24, 2.45) is 0 Å². The molecule has 4 rings (SSSR count). The molecule has 3 heterocycles. The average Bonchev–Trinajstić information content (AvgIpc) is 3.19. The molecule has 29 heavy (non-hydrogen) atoms. The van der Waals surface area contributed by atoms with Crippen LogP contribution < -0.4 is 5.32 Å². The van der Waals surface area contributed by atoms with Crippen molar-refractivity contribution in [3.8, 4) is 0 Å². The molecule has 0 unspecified atom stereocenters. The highest BCUT2D eigenvalue weighted by Gasteiger charge is 2.59. The minimum atomic E-state index is -0.826. The standard InChI is InChI=1S/C21H26N2O6/c1-5-26-19(24)15(23-13-10-6-8-12-9-7-11-22-14(12)13)16-17-18(20(25-4)27-16)29-21(2,3)28-17/h6-11,15-18,20,23H,5H2,1-4H3/t15-,16+,17+,18+,20+/m0/s1. The molecule has 2 saturated heterocycles. The van der Waals surface area contributed by atoms with Gasteiger partial charge in [0.2, 0.25) is 0 Å². The molecule has 0 saturated carbocycles. The number of nitrogens with one attached hydrogen (secondary N) is 1. The van der Waals surface area contributed by atoms with Gasteiger partial charge in [0.25, 0.3) is 0 Å². The Labute approximate surface area is 169 Å². The van der Waals surface area contributed by atoms with Gasteiger partial charge in [0.15, 0.2) is 18.1 Å². The maximum Gasteiger partial charge on any atom is 0.331 e. The molecule has 5 atom stereocenters. The van der Waals surface area contributed by atoms with Gasteiger partial charge in [-0.15, -0.1) is 0 Å². The molecule has 1 aromatic carbocycles. The van der Waals surface area contributed by atoms with Gasteiger partial charge in [-0.3, -0.25) is 4.98 Å². The Hall–Kier alpha value is -2.26. The second kappa shape index (κ2) is 7.87. The van der Waals surface area contributed by atoms with E-state index in [4.69, 9.17) is 23.7 Å². The number of hydrogen-bond donors (Lipinski definition) is 1. The number of aromatic nitrogens is 1. The molecule has 2 aliphatic heterocycles. The summed E-state index contributed by atoms with van der Waals surface area (Å²) in [6.45, 7) is 5.68. The number of fused-ring (bicyclic) bond motifs is 2. The maximum absolute atomic E-state index is 12.9. The number of para-hydroxylation sites is 1. The highest BCUT2D eigenvalue weighted by atomic mass is 16.8. The van der Waals surface area contributed by atoms with Crippen LogP contribution in [0.2, 0.25) is 0 Å². The molecule has 8 nitrogen and oxygen atoms in total. The summed E-state index contributed by atoms with van der Waals surface area (Å²) >= 11 is 0. The van der Waals surface area contributed by atoms with Crippen LogP contribution in [0.25, 0.3) is 10.9 Å². The number of methoxy groups -OCH3 is 1. The van der Waals surface area contributed by atoms with Crippen molar-refractivity contribution in [3.63, 3.8) is 0 Å². The fourth-order valence-corrected chi connectivity index (χ4v) is 3.94. The molecule has 0 aliphatic carbocycles. The summed E-state index contributed by atoms with van der Waals surface area (Å²) in [5.41, 5.74) is 1.46. The van der Waals surface area contributed by atoms with Gasteiger partial charge < -0.3 is 29.0 Å². The third kappa shape index (κ3) is 3.81. The average molecular weight is 402 g/mol. The zero-order valence-electron chi connectivity index (χ0n) is 17.0. The fraction of sp³-hybridized carbons (Fsp3) is 0.524. The van der Waals surface area contributed by atoms with Gasteiger partial charge in [-0.2, -0.15) is 0 Å². The number of carbonyl (C=O) groups excluding carboxylic acids is 1. The van der Waals surface area contributed by atoms with Crippen molar-refractivity contribution in [1.82, 2.24) is 4.98 Å². The number of pyridine rings is 1. The zero-order valence-corrected chi connectivity index (χ0v) is 17.0. The molecular weight excluding hydrogens is 376 g/mol. The van der Waals surface area contributed by atoms with E-state index in [1.165, 1.54) is 0 Å². The summed E-state index contributed by atoms with van der Waals surface area (Å²) in [6.07, 6.45) is -0.517. The lowest BCUT2D eigenvalue weighted by molar-refractivity contribution is -0.229. The Morgan fingerprint density at radius 3 is 2.76 bits per heavy atom. The smallest absolute Gasteiger partial charge is 0.331 e. The summed E-state index contributed by atoms with van der Waals surface area (Å²) in [6, 6.07) is 8.75. The van der Waals surface area contributed by atoms with Crippen LogP contribution in [0.3, 0.4) is 0 Å². The van der Waals surface area contributed by atoms with Crippen LogP contribution in [0.4, 0.5) is 5.69 Å². The lowest BCUT2D eigenvalue weighted by Crippen LogP contribution is -2.48. The summed E-state index contributed by atoms with van der Waals surface area (Å²) in [7, 11) is 1.54. The van der Waals surface area contributed by atoms with E-state index in [9.17, 15) is 4.79 Å². The Bertz CT molecular complexity index is 883. The molecule has 8 heteroatoms. The van der Waals surface area contributed by atoms with Crippen LogP contribution in [-0.4, -0.2) is 61.1 Å². The van der Waals surface area contributed by atoms with Gasteiger partial charge >= 0.3 is 5.97 Å². The quantitative estimate of drug-likeness (QED) is 0.738. The summed E-state index contributed by atoms with van der Waals surface area (Å²) < 4.78 is 28.8. The topological polar surface area (TPSA) is 88.1 Å². The number of hydrogen-bond acceptors (Lipinski definition) is 8. The monoisotopic (exact) mass is 402 g/mol. The molecule has 2 aromatic rings. The number of nitrogens with zero attached hydrogens (tertiary/aromatic N) is 1.